The van der Waals surface area contributed by atoms with Gasteiger partial charge in [-0.2, -0.15) is 18.3 Å². The van der Waals surface area contributed by atoms with Crippen molar-refractivity contribution in [1.82, 2.24) is 20.0 Å². The molecular formula is C13H17F3N4O2. The smallest absolute Gasteiger partial charge is 0.345 e. The number of hydrogen-bond donors (Lipinski definition) is 1. The number of alkyl halides is 3. The summed E-state index contributed by atoms with van der Waals surface area (Å²) in [5, 5.41) is 5.96. The van der Waals surface area contributed by atoms with Gasteiger partial charge in [-0.1, -0.05) is 0 Å². The lowest BCUT2D eigenvalue weighted by Crippen LogP contribution is -2.57. The molecule has 1 aromatic rings. The highest BCUT2D eigenvalue weighted by Crippen LogP contribution is 2.30. The second kappa shape index (κ2) is 5.98. The lowest BCUT2D eigenvalue weighted by molar-refractivity contribution is -0.147. The molecule has 6 nitrogen and oxygen atoms in total. The molecule has 0 bridgehead atoms. The highest BCUT2D eigenvalue weighted by atomic mass is 19.4. The average Bonchev–Trinajstić information content (AvgIpc) is 2.98. The fourth-order valence-electron chi connectivity index (χ4n) is 2.62. The summed E-state index contributed by atoms with van der Waals surface area (Å²) in [6.07, 6.45) is -1.01. The fraction of sp³-hybridized carbons (Fsp3) is 0.615. The van der Waals surface area contributed by atoms with Crippen LogP contribution >= 0.6 is 0 Å². The van der Waals surface area contributed by atoms with Crippen molar-refractivity contribution in [2.24, 2.45) is 0 Å². The number of carbonyl (C=O) groups excluding carboxylic acids is 2. The molecule has 0 atom stereocenters. The predicted molar refractivity (Wildman–Crippen MR) is 70.8 cm³/mol. The van der Waals surface area contributed by atoms with Crippen LogP contribution in [-0.4, -0.2) is 52.3 Å². The van der Waals surface area contributed by atoms with E-state index in [2.05, 4.69) is 5.10 Å². The van der Waals surface area contributed by atoms with Crippen LogP contribution in [0, 0.1) is 0 Å². The predicted octanol–water partition coefficient (Wildman–Crippen LogP) is 0.899. The summed E-state index contributed by atoms with van der Waals surface area (Å²) in [6.45, 7) is 0.638. The summed E-state index contributed by atoms with van der Waals surface area (Å²) in [5.74, 6) is -0.846. The zero-order chi connectivity index (χ0) is 16.4. The van der Waals surface area contributed by atoms with Gasteiger partial charge in [0.15, 0.2) is 0 Å². The van der Waals surface area contributed by atoms with Crippen LogP contribution in [0.2, 0.25) is 0 Å². The number of rotatable bonds is 3. The van der Waals surface area contributed by atoms with Crippen molar-refractivity contribution in [3.63, 3.8) is 0 Å². The average molecular weight is 318 g/mol. The molecule has 9 heteroatoms. The SMILES string of the molecule is CC(=O)N1CCC(C(=O)NCC(F)(F)F)(n2cccn2)CC1. The summed E-state index contributed by atoms with van der Waals surface area (Å²) >= 11 is 0. The highest BCUT2D eigenvalue weighted by molar-refractivity contribution is 5.85. The largest absolute Gasteiger partial charge is 0.405 e. The summed E-state index contributed by atoms with van der Waals surface area (Å²) in [5.41, 5.74) is -1.19. The van der Waals surface area contributed by atoms with Crippen molar-refractivity contribution in [1.29, 1.82) is 0 Å². The third kappa shape index (κ3) is 3.40. The number of halogens is 3. The van der Waals surface area contributed by atoms with Gasteiger partial charge in [-0.3, -0.25) is 14.3 Å². The first-order chi connectivity index (χ1) is 10.2. The normalized spacial score (nSPS) is 18.1. The van der Waals surface area contributed by atoms with E-state index in [1.54, 1.807) is 17.2 Å². The molecule has 1 aliphatic rings. The van der Waals surface area contributed by atoms with Gasteiger partial charge in [-0.15, -0.1) is 0 Å². The number of hydrogen-bond acceptors (Lipinski definition) is 3. The van der Waals surface area contributed by atoms with Crippen LogP contribution in [0.3, 0.4) is 0 Å². The topological polar surface area (TPSA) is 67.2 Å². The Labute approximate surface area is 125 Å². The molecule has 0 aromatic carbocycles. The zero-order valence-corrected chi connectivity index (χ0v) is 12.1. The summed E-state index contributed by atoms with van der Waals surface area (Å²) in [6, 6.07) is 1.61. The standard InChI is InChI=1S/C13H17F3N4O2/c1-10(21)19-7-3-12(4-8-19,20-6-2-5-18-20)11(22)17-9-13(14,15)16/h2,5-6H,3-4,7-9H2,1H3,(H,17,22). The molecule has 22 heavy (non-hydrogen) atoms. The van der Waals surface area contributed by atoms with Crippen molar-refractivity contribution >= 4 is 11.8 Å². The van der Waals surface area contributed by atoms with Crippen molar-refractivity contribution < 1.29 is 22.8 Å². The van der Waals surface area contributed by atoms with Crippen LogP contribution in [0.1, 0.15) is 19.8 Å². The lowest BCUT2D eigenvalue weighted by atomic mass is 9.86. The first kappa shape index (κ1) is 16.3. The van der Waals surface area contributed by atoms with E-state index in [1.165, 1.54) is 17.8 Å². The van der Waals surface area contributed by atoms with Crippen LogP contribution < -0.4 is 5.32 Å². The van der Waals surface area contributed by atoms with Crippen LogP contribution in [-0.2, 0) is 15.1 Å². The summed E-state index contributed by atoms with van der Waals surface area (Å²) in [7, 11) is 0. The van der Waals surface area contributed by atoms with E-state index in [0.29, 0.717) is 13.1 Å². The Bertz CT molecular complexity index is 534. The molecule has 1 aromatic heterocycles. The van der Waals surface area contributed by atoms with Crippen molar-refractivity contribution in [3.8, 4) is 0 Å². The molecule has 1 saturated heterocycles. The molecule has 0 radical (unpaired) electrons. The molecule has 2 amide bonds. The second-order valence-electron chi connectivity index (χ2n) is 5.29. The maximum absolute atomic E-state index is 12.4. The minimum Gasteiger partial charge on any atom is -0.345 e. The molecule has 1 aliphatic heterocycles. The summed E-state index contributed by atoms with van der Waals surface area (Å²) < 4.78 is 38.4. The third-order valence-corrected chi connectivity index (χ3v) is 3.85. The van der Waals surface area contributed by atoms with E-state index in [4.69, 9.17) is 0 Å². The van der Waals surface area contributed by atoms with Crippen molar-refractivity contribution in [2.45, 2.75) is 31.5 Å². The van der Waals surface area contributed by atoms with Crippen LogP contribution in [0.4, 0.5) is 13.2 Å². The third-order valence-electron chi connectivity index (χ3n) is 3.85. The number of piperidine rings is 1. The van der Waals surface area contributed by atoms with Gasteiger partial charge in [-0.25, -0.2) is 0 Å². The number of amides is 2. The Kier molecular flexibility index (Phi) is 4.43. The van der Waals surface area contributed by atoms with E-state index in [1.807, 2.05) is 5.32 Å². The van der Waals surface area contributed by atoms with E-state index < -0.39 is 24.2 Å². The van der Waals surface area contributed by atoms with Gasteiger partial charge in [0, 0.05) is 32.4 Å². The van der Waals surface area contributed by atoms with E-state index in [-0.39, 0.29) is 18.7 Å². The van der Waals surface area contributed by atoms with Gasteiger partial charge in [0.1, 0.15) is 12.1 Å². The number of nitrogens with zero attached hydrogens (tertiary/aromatic N) is 3. The molecular weight excluding hydrogens is 301 g/mol. The Morgan fingerprint density at radius 1 is 1.32 bits per heavy atom. The molecule has 0 spiro atoms. The van der Waals surface area contributed by atoms with Crippen LogP contribution in [0.25, 0.3) is 0 Å². The van der Waals surface area contributed by atoms with Gasteiger partial charge in [-0.05, 0) is 18.9 Å². The first-order valence-electron chi connectivity index (χ1n) is 6.85. The van der Waals surface area contributed by atoms with Crippen LogP contribution in [0.5, 0.6) is 0 Å². The maximum Gasteiger partial charge on any atom is 0.405 e. The van der Waals surface area contributed by atoms with Crippen LogP contribution in [0.15, 0.2) is 18.5 Å². The number of aromatic nitrogens is 2. The van der Waals surface area contributed by atoms with E-state index >= 15 is 0 Å². The van der Waals surface area contributed by atoms with E-state index in [0.717, 1.165) is 0 Å². The fourth-order valence-corrected chi connectivity index (χ4v) is 2.62. The number of nitrogens with one attached hydrogen (secondary N) is 1. The Morgan fingerprint density at radius 3 is 2.41 bits per heavy atom. The molecule has 2 heterocycles. The summed E-state index contributed by atoms with van der Waals surface area (Å²) in [4.78, 5) is 25.3. The molecule has 2 rings (SSSR count). The van der Waals surface area contributed by atoms with Crippen molar-refractivity contribution in [3.05, 3.63) is 18.5 Å². The molecule has 0 saturated carbocycles. The maximum atomic E-state index is 12.4. The second-order valence-corrected chi connectivity index (χ2v) is 5.29. The molecule has 1 fully saturated rings. The monoisotopic (exact) mass is 318 g/mol. The quantitative estimate of drug-likeness (QED) is 0.900. The molecule has 0 unspecified atom stereocenters. The van der Waals surface area contributed by atoms with Gasteiger partial charge in [0.05, 0.1) is 0 Å². The minimum absolute atomic E-state index is 0.121. The Hall–Kier alpha value is -2.06. The first-order valence-corrected chi connectivity index (χ1v) is 6.85. The van der Waals surface area contributed by atoms with Gasteiger partial charge in [0.25, 0.3) is 0 Å². The Balaban J connectivity index is 2.18. The molecule has 122 valence electrons. The lowest BCUT2D eigenvalue weighted by Gasteiger charge is -2.40. The Morgan fingerprint density at radius 2 is 1.95 bits per heavy atom. The molecule has 1 N–H and O–H groups in total. The highest BCUT2D eigenvalue weighted by Gasteiger charge is 2.45. The van der Waals surface area contributed by atoms with Gasteiger partial charge < -0.3 is 10.2 Å². The number of carbonyl (C=O) groups is 2. The van der Waals surface area contributed by atoms with Gasteiger partial charge in [0.2, 0.25) is 11.8 Å². The minimum atomic E-state index is -4.47. The molecule has 0 aliphatic carbocycles. The number of likely N-dealkylation sites (tertiary alicyclic amines) is 1. The van der Waals surface area contributed by atoms with Gasteiger partial charge >= 0.3 is 6.18 Å². The van der Waals surface area contributed by atoms with Crippen molar-refractivity contribution in [2.75, 3.05) is 19.6 Å². The van der Waals surface area contributed by atoms with E-state index in [9.17, 15) is 22.8 Å². The zero-order valence-electron chi connectivity index (χ0n) is 12.1.